The minimum absolute atomic E-state index is 0.0252. The van der Waals surface area contributed by atoms with E-state index in [4.69, 9.17) is 4.74 Å². The molecular weight excluding hydrogens is 402 g/mol. The van der Waals surface area contributed by atoms with Crippen LogP contribution in [0.15, 0.2) is 42.5 Å². The Hall–Kier alpha value is -3.85. The van der Waals surface area contributed by atoms with Crippen LogP contribution in [0.5, 0.6) is 0 Å². The van der Waals surface area contributed by atoms with Crippen LogP contribution in [0.4, 0.5) is 0 Å². The third-order valence-electron chi connectivity index (χ3n) is 5.61. The Balaban J connectivity index is 1.40. The van der Waals surface area contributed by atoms with Crippen LogP contribution in [0.1, 0.15) is 64.6 Å². The van der Waals surface area contributed by atoms with Crippen molar-refractivity contribution in [3.63, 3.8) is 0 Å². The Morgan fingerprint density at radius 1 is 0.871 bits per heavy atom. The van der Waals surface area contributed by atoms with E-state index in [2.05, 4.69) is 5.32 Å². The van der Waals surface area contributed by atoms with Crippen molar-refractivity contribution in [2.75, 3.05) is 13.2 Å². The third-order valence-corrected chi connectivity index (χ3v) is 5.61. The number of nitrogens with one attached hydrogen (secondary N) is 1. The zero-order valence-electron chi connectivity index (χ0n) is 16.3. The molecule has 0 bridgehead atoms. The van der Waals surface area contributed by atoms with Crippen LogP contribution < -0.4 is 5.32 Å². The Labute approximate surface area is 176 Å². The smallest absolute Gasteiger partial charge is 0.281 e. The zero-order chi connectivity index (χ0) is 21.7. The summed E-state index contributed by atoms with van der Waals surface area (Å²) in [4.78, 5) is 63.7. The van der Waals surface area contributed by atoms with Crippen molar-refractivity contribution in [3.05, 3.63) is 70.3 Å². The van der Waals surface area contributed by atoms with Gasteiger partial charge in [0, 0.05) is 18.7 Å². The molecule has 2 aromatic carbocycles. The number of hydrazine groups is 1. The van der Waals surface area contributed by atoms with Gasteiger partial charge in [-0.1, -0.05) is 12.1 Å². The van der Waals surface area contributed by atoms with E-state index in [-0.39, 0.29) is 33.9 Å². The molecule has 156 valence electrons. The molecule has 0 spiro atoms. The molecule has 0 radical (unpaired) electrons. The molecule has 1 saturated heterocycles. The Kier molecular flexibility index (Phi) is 4.40. The van der Waals surface area contributed by atoms with E-state index in [1.54, 1.807) is 12.1 Å². The zero-order valence-corrected chi connectivity index (χ0v) is 16.3. The summed E-state index contributed by atoms with van der Waals surface area (Å²) in [6, 6.07) is 10.2. The lowest BCUT2D eigenvalue weighted by molar-refractivity contribution is 0.00845. The van der Waals surface area contributed by atoms with Crippen LogP contribution >= 0.6 is 0 Å². The highest BCUT2D eigenvalue weighted by Crippen LogP contribution is 2.31. The van der Waals surface area contributed by atoms with Crippen LogP contribution in [0, 0.1) is 0 Å². The quantitative estimate of drug-likeness (QED) is 0.750. The average molecular weight is 419 g/mol. The largest absolute Gasteiger partial charge is 0.376 e. The van der Waals surface area contributed by atoms with Gasteiger partial charge in [-0.3, -0.25) is 24.0 Å². The van der Waals surface area contributed by atoms with Crippen LogP contribution in [-0.2, 0) is 4.74 Å². The maximum atomic E-state index is 13.0. The Morgan fingerprint density at radius 2 is 1.45 bits per heavy atom. The van der Waals surface area contributed by atoms with E-state index < -0.39 is 29.5 Å². The number of hydrogen-bond acceptors (Lipinski definition) is 6. The van der Waals surface area contributed by atoms with Gasteiger partial charge in [0.25, 0.3) is 29.5 Å². The highest BCUT2D eigenvalue weighted by molar-refractivity contribution is 6.28. The maximum Gasteiger partial charge on any atom is 0.281 e. The number of fused-ring (bicyclic) bond motifs is 2. The molecule has 1 N–H and O–H groups in total. The Morgan fingerprint density at radius 3 is 2.03 bits per heavy atom. The number of rotatable bonds is 4. The molecule has 9 heteroatoms. The predicted octanol–water partition coefficient (Wildman–Crippen LogP) is 1.40. The summed E-state index contributed by atoms with van der Waals surface area (Å²) in [5, 5.41) is 3.87. The minimum atomic E-state index is -0.830. The van der Waals surface area contributed by atoms with E-state index in [1.165, 1.54) is 30.3 Å². The fraction of sp³-hybridized carbons (Fsp3) is 0.227. The first-order chi connectivity index (χ1) is 15.0. The van der Waals surface area contributed by atoms with Gasteiger partial charge in [-0.15, -0.1) is 0 Å². The molecule has 5 amide bonds. The normalized spacial score (nSPS) is 19.8. The average Bonchev–Trinajstić information content (AvgIpc) is 3.46. The molecule has 5 rings (SSSR count). The van der Waals surface area contributed by atoms with E-state index in [9.17, 15) is 24.0 Å². The number of hydrogen-bond donors (Lipinski definition) is 1. The van der Waals surface area contributed by atoms with Crippen LogP contribution in [0.2, 0.25) is 0 Å². The van der Waals surface area contributed by atoms with Crippen LogP contribution in [-0.4, -0.2) is 58.8 Å². The molecule has 0 aromatic heterocycles. The number of carbonyl (C=O) groups excluding carboxylic acids is 5. The first-order valence-electron chi connectivity index (χ1n) is 9.87. The van der Waals surface area contributed by atoms with Crippen molar-refractivity contribution in [1.82, 2.24) is 15.3 Å². The van der Waals surface area contributed by atoms with Crippen molar-refractivity contribution in [2.45, 2.75) is 18.9 Å². The molecule has 0 aliphatic carbocycles. The van der Waals surface area contributed by atoms with Gasteiger partial charge in [0.15, 0.2) is 0 Å². The molecule has 1 fully saturated rings. The third kappa shape index (κ3) is 2.93. The standard InChI is InChI=1S/C22H17N3O6/c26-18(23-11-13-4-3-9-31-13)12-7-8-16-17(10-12)22(30)25(21(16)29)24-19(27)14-5-1-2-6-15(14)20(24)28/h1-2,5-8,10,13H,3-4,9,11H2,(H,23,26). The lowest BCUT2D eigenvalue weighted by atomic mass is 10.1. The number of amides is 5. The molecule has 1 unspecified atom stereocenters. The van der Waals surface area contributed by atoms with Crippen molar-refractivity contribution < 1.29 is 28.7 Å². The number of imide groups is 2. The maximum absolute atomic E-state index is 13.0. The molecule has 9 nitrogen and oxygen atoms in total. The van der Waals surface area contributed by atoms with Crippen molar-refractivity contribution in [1.29, 1.82) is 0 Å². The van der Waals surface area contributed by atoms with Crippen molar-refractivity contribution in [2.24, 2.45) is 0 Å². The first-order valence-corrected chi connectivity index (χ1v) is 9.87. The summed E-state index contributed by atoms with van der Waals surface area (Å²) in [6.45, 7) is 1.02. The molecule has 3 heterocycles. The molecule has 2 aromatic rings. The second kappa shape index (κ2) is 7.13. The van der Waals surface area contributed by atoms with Gasteiger partial charge in [0.2, 0.25) is 0 Å². The molecule has 3 aliphatic rings. The number of ether oxygens (including phenoxy) is 1. The van der Waals surface area contributed by atoms with E-state index in [0.29, 0.717) is 23.2 Å². The fourth-order valence-corrected chi connectivity index (χ4v) is 4.02. The van der Waals surface area contributed by atoms with Gasteiger partial charge < -0.3 is 10.1 Å². The van der Waals surface area contributed by atoms with Crippen LogP contribution in [0.25, 0.3) is 0 Å². The lowest BCUT2D eigenvalue weighted by Crippen LogP contribution is -2.49. The number of carbonyl (C=O) groups is 5. The molecule has 31 heavy (non-hydrogen) atoms. The molecular formula is C22H17N3O6. The highest BCUT2D eigenvalue weighted by atomic mass is 16.5. The molecule has 1 atom stereocenters. The minimum Gasteiger partial charge on any atom is -0.376 e. The summed E-state index contributed by atoms with van der Waals surface area (Å²) < 4.78 is 5.47. The molecule has 3 aliphatic heterocycles. The van der Waals surface area contributed by atoms with Gasteiger partial charge >= 0.3 is 0 Å². The van der Waals surface area contributed by atoms with Crippen LogP contribution in [0.3, 0.4) is 0 Å². The van der Waals surface area contributed by atoms with Crippen molar-refractivity contribution >= 4 is 29.5 Å². The van der Waals surface area contributed by atoms with Gasteiger partial charge in [-0.05, 0) is 43.2 Å². The van der Waals surface area contributed by atoms with Gasteiger partial charge in [0.05, 0.1) is 28.4 Å². The van der Waals surface area contributed by atoms with Gasteiger partial charge in [0.1, 0.15) is 0 Å². The molecule has 0 saturated carbocycles. The monoisotopic (exact) mass is 419 g/mol. The summed E-state index contributed by atoms with van der Waals surface area (Å²) in [6.07, 6.45) is 1.78. The van der Waals surface area contributed by atoms with E-state index in [1.807, 2.05) is 0 Å². The highest BCUT2D eigenvalue weighted by Gasteiger charge is 2.48. The number of benzene rings is 2. The van der Waals surface area contributed by atoms with Gasteiger partial charge in [-0.2, -0.15) is 10.0 Å². The predicted molar refractivity (Wildman–Crippen MR) is 105 cm³/mol. The Bertz CT molecular complexity index is 1130. The number of nitrogens with zero attached hydrogens (tertiary/aromatic N) is 2. The topological polar surface area (TPSA) is 113 Å². The second-order valence-electron chi connectivity index (χ2n) is 7.50. The van der Waals surface area contributed by atoms with E-state index >= 15 is 0 Å². The summed E-state index contributed by atoms with van der Waals surface area (Å²) in [5.74, 6) is -3.52. The van der Waals surface area contributed by atoms with Crippen molar-refractivity contribution in [3.8, 4) is 0 Å². The summed E-state index contributed by atoms with van der Waals surface area (Å²) in [5.41, 5.74) is 0.433. The summed E-state index contributed by atoms with van der Waals surface area (Å²) in [7, 11) is 0. The second-order valence-corrected chi connectivity index (χ2v) is 7.50. The first kappa shape index (κ1) is 19.1. The lowest BCUT2D eigenvalue weighted by Gasteiger charge is -2.23. The SMILES string of the molecule is O=C(NCC1CCCO1)c1ccc2c(c1)C(=O)N(N1C(=O)c3ccccc3C1=O)C2=O. The fourth-order valence-electron chi connectivity index (χ4n) is 4.02. The van der Waals surface area contributed by atoms with Gasteiger partial charge in [-0.25, -0.2) is 0 Å². The summed E-state index contributed by atoms with van der Waals surface area (Å²) >= 11 is 0. The van der Waals surface area contributed by atoms with E-state index in [0.717, 1.165) is 12.8 Å².